The Labute approximate surface area is 175 Å². The molecule has 1 aliphatic rings. The van der Waals surface area contributed by atoms with E-state index in [1.54, 1.807) is 7.05 Å². The van der Waals surface area contributed by atoms with Crippen molar-refractivity contribution in [1.29, 1.82) is 0 Å². The zero-order valence-corrected chi connectivity index (χ0v) is 17.0. The lowest BCUT2D eigenvalue weighted by molar-refractivity contribution is -0.135. The number of amides is 1. The Morgan fingerprint density at radius 2 is 1.87 bits per heavy atom. The highest BCUT2D eigenvalue weighted by molar-refractivity contribution is 5.78. The minimum absolute atomic E-state index is 0.0130. The van der Waals surface area contributed by atoms with Crippen LogP contribution in [0.4, 0.5) is 0 Å². The molecule has 0 radical (unpaired) electrons. The lowest BCUT2D eigenvalue weighted by atomic mass is 10.2. The summed E-state index contributed by atoms with van der Waals surface area (Å²) in [6.45, 7) is 4.19. The monoisotopic (exact) mass is 407 g/mol. The van der Waals surface area contributed by atoms with Gasteiger partial charge in [0.15, 0.2) is 6.61 Å². The number of benzene rings is 1. The topological polar surface area (TPSA) is 89.3 Å². The lowest BCUT2D eigenvalue weighted by Crippen LogP contribution is -2.50. The lowest BCUT2D eigenvalue weighted by Gasteiger charge is -2.34. The number of rotatable bonds is 7. The van der Waals surface area contributed by atoms with Crippen molar-refractivity contribution < 1.29 is 9.53 Å². The van der Waals surface area contributed by atoms with E-state index in [9.17, 15) is 4.79 Å². The third kappa shape index (κ3) is 5.18. The van der Waals surface area contributed by atoms with Gasteiger partial charge in [-0.25, -0.2) is 0 Å². The van der Waals surface area contributed by atoms with Crippen molar-refractivity contribution >= 4 is 5.91 Å². The van der Waals surface area contributed by atoms with Crippen molar-refractivity contribution in [2.75, 3.05) is 39.3 Å². The van der Waals surface area contributed by atoms with E-state index in [1.807, 2.05) is 53.6 Å². The summed E-state index contributed by atoms with van der Waals surface area (Å²) in [5, 5.41) is 12.0. The number of aromatic nitrogens is 5. The molecule has 9 heteroatoms. The molecule has 1 aliphatic heterocycles. The Morgan fingerprint density at radius 1 is 1.07 bits per heavy atom. The van der Waals surface area contributed by atoms with Gasteiger partial charge in [-0.1, -0.05) is 6.07 Å². The Kier molecular flexibility index (Phi) is 6.29. The smallest absolute Gasteiger partial charge is 0.260 e. The van der Waals surface area contributed by atoms with E-state index in [1.165, 1.54) is 4.80 Å². The van der Waals surface area contributed by atoms with Crippen LogP contribution < -0.4 is 4.74 Å². The first-order chi connectivity index (χ1) is 14.7. The first kappa shape index (κ1) is 20.0. The molecule has 0 atom stereocenters. The molecule has 3 heterocycles. The van der Waals surface area contributed by atoms with Crippen LogP contribution in [-0.2, 0) is 18.3 Å². The SMILES string of the molecule is Cn1nnc(-c2ccc(OCC(=O)N3CCN(CCc4ccccn4)CC3)cc2)n1. The van der Waals surface area contributed by atoms with Crippen molar-refractivity contribution in [3.8, 4) is 17.1 Å². The van der Waals surface area contributed by atoms with Crippen LogP contribution in [0.1, 0.15) is 5.69 Å². The van der Waals surface area contributed by atoms with Gasteiger partial charge in [-0.05, 0) is 41.6 Å². The van der Waals surface area contributed by atoms with Gasteiger partial charge in [0, 0.05) is 56.6 Å². The summed E-state index contributed by atoms with van der Waals surface area (Å²) in [4.78, 5) is 22.5. The fourth-order valence-corrected chi connectivity index (χ4v) is 3.38. The van der Waals surface area contributed by atoms with E-state index in [0.29, 0.717) is 11.6 Å². The predicted molar refractivity (Wildman–Crippen MR) is 111 cm³/mol. The molecule has 1 fully saturated rings. The molecule has 9 nitrogen and oxygen atoms in total. The average Bonchev–Trinajstić information content (AvgIpc) is 3.24. The summed E-state index contributed by atoms with van der Waals surface area (Å²) in [5.74, 6) is 1.21. The Balaban J connectivity index is 1.19. The molecule has 0 bridgehead atoms. The molecule has 0 saturated carbocycles. The van der Waals surface area contributed by atoms with Crippen molar-refractivity contribution in [2.24, 2.45) is 7.05 Å². The molecular weight excluding hydrogens is 382 g/mol. The van der Waals surface area contributed by atoms with Gasteiger partial charge in [-0.2, -0.15) is 4.80 Å². The summed E-state index contributed by atoms with van der Waals surface area (Å²) in [6, 6.07) is 13.3. The summed E-state index contributed by atoms with van der Waals surface area (Å²) >= 11 is 0. The van der Waals surface area contributed by atoms with Gasteiger partial charge in [0.25, 0.3) is 5.91 Å². The summed E-state index contributed by atoms with van der Waals surface area (Å²) in [7, 11) is 1.72. The number of aryl methyl sites for hydroxylation is 1. The van der Waals surface area contributed by atoms with Gasteiger partial charge < -0.3 is 9.64 Å². The van der Waals surface area contributed by atoms with Crippen molar-refractivity contribution in [3.05, 3.63) is 54.4 Å². The second kappa shape index (κ2) is 9.45. The number of nitrogens with zero attached hydrogens (tertiary/aromatic N) is 7. The summed E-state index contributed by atoms with van der Waals surface area (Å²) in [5.41, 5.74) is 1.95. The molecule has 3 aromatic rings. The Hall–Kier alpha value is -3.33. The van der Waals surface area contributed by atoms with Crippen LogP contribution >= 0.6 is 0 Å². The highest BCUT2D eigenvalue weighted by Gasteiger charge is 2.21. The largest absolute Gasteiger partial charge is 0.484 e. The molecule has 0 N–H and O–H groups in total. The minimum atomic E-state index is 0.0130. The highest BCUT2D eigenvalue weighted by atomic mass is 16.5. The van der Waals surface area contributed by atoms with E-state index in [0.717, 1.165) is 50.4 Å². The van der Waals surface area contributed by atoms with Crippen molar-refractivity contribution in [2.45, 2.75) is 6.42 Å². The van der Waals surface area contributed by atoms with E-state index < -0.39 is 0 Å². The zero-order valence-electron chi connectivity index (χ0n) is 17.0. The molecule has 1 aromatic carbocycles. The number of carbonyl (C=O) groups is 1. The van der Waals surface area contributed by atoms with E-state index in [4.69, 9.17) is 4.74 Å². The van der Waals surface area contributed by atoms with Gasteiger partial charge in [-0.3, -0.25) is 14.7 Å². The quantitative estimate of drug-likeness (QED) is 0.578. The third-order valence-corrected chi connectivity index (χ3v) is 5.12. The molecule has 30 heavy (non-hydrogen) atoms. The standard InChI is InChI=1S/C21H25N7O2/c1-26-24-21(23-25-26)17-5-7-19(8-6-17)30-16-20(29)28-14-12-27(13-15-28)11-9-18-4-2-3-10-22-18/h2-8,10H,9,11-16H2,1H3. The second-order valence-electron chi connectivity index (χ2n) is 7.21. The molecule has 0 unspecified atom stereocenters. The minimum Gasteiger partial charge on any atom is -0.484 e. The number of hydrogen-bond donors (Lipinski definition) is 0. The number of pyridine rings is 1. The van der Waals surface area contributed by atoms with Crippen LogP contribution in [0.15, 0.2) is 48.7 Å². The second-order valence-corrected chi connectivity index (χ2v) is 7.21. The van der Waals surface area contributed by atoms with Crippen molar-refractivity contribution in [3.63, 3.8) is 0 Å². The van der Waals surface area contributed by atoms with Gasteiger partial charge in [0.1, 0.15) is 5.75 Å². The number of carbonyl (C=O) groups excluding carboxylic acids is 1. The molecular formula is C21H25N7O2. The van der Waals surface area contributed by atoms with E-state index >= 15 is 0 Å². The molecule has 4 rings (SSSR count). The first-order valence-corrected chi connectivity index (χ1v) is 10.0. The number of hydrogen-bond acceptors (Lipinski definition) is 7. The fourth-order valence-electron chi connectivity index (χ4n) is 3.38. The van der Waals surface area contributed by atoms with Crippen LogP contribution in [0.2, 0.25) is 0 Å². The zero-order chi connectivity index (χ0) is 20.8. The molecule has 1 amide bonds. The predicted octanol–water partition coefficient (Wildman–Crippen LogP) is 1.04. The summed E-state index contributed by atoms with van der Waals surface area (Å²) < 4.78 is 5.67. The molecule has 1 saturated heterocycles. The summed E-state index contributed by atoms with van der Waals surface area (Å²) in [6.07, 6.45) is 2.75. The Bertz CT molecular complexity index is 951. The normalized spacial score (nSPS) is 14.6. The van der Waals surface area contributed by atoms with Gasteiger partial charge >= 0.3 is 0 Å². The van der Waals surface area contributed by atoms with E-state index in [2.05, 4.69) is 25.3 Å². The van der Waals surface area contributed by atoms with Crippen LogP contribution in [0, 0.1) is 0 Å². The number of piperazine rings is 1. The van der Waals surface area contributed by atoms with Crippen LogP contribution in [-0.4, -0.2) is 80.2 Å². The maximum absolute atomic E-state index is 12.5. The van der Waals surface area contributed by atoms with Gasteiger partial charge in [0.05, 0.1) is 7.05 Å². The molecule has 0 aliphatic carbocycles. The van der Waals surface area contributed by atoms with Gasteiger partial charge in [-0.15, -0.1) is 10.2 Å². The van der Waals surface area contributed by atoms with Crippen LogP contribution in [0.25, 0.3) is 11.4 Å². The maximum Gasteiger partial charge on any atom is 0.260 e. The highest BCUT2D eigenvalue weighted by Crippen LogP contribution is 2.18. The first-order valence-electron chi connectivity index (χ1n) is 10.0. The molecule has 2 aromatic heterocycles. The number of ether oxygens (including phenoxy) is 1. The number of tetrazole rings is 1. The maximum atomic E-state index is 12.5. The molecule has 0 spiro atoms. The van der Waals surface area contributed by atoms with Gasteiger partial charge in [0.2, 0.25) is 5.82 Å². The van der Waals surface area contributed by atoms with Crippen LogP contribution in [0.3, 0.4) is 0 Å². The van der Waals surface area contributed by atoms with Crippen molar-refractivity contribution in [1.82, 2.24) is 35.0 Å². The van der Waals surface area contributed by atoms with Crippen LogP contribution in [0.5, 0.6) is 5.75 Å². The van der Waals surface area contributed by atoms with E-state index in [-0.39, 0.29) is 12.5 Å². The third-order valence-electron chi connectivity index (χ3n) is 5.12. The molecule has 156 valence electrons. The fraction of sp³-hybridized carbons (Fsp3) is 0.381. The Morgan fingerprint density at radius 3 is 2.53 bits per heavy atom. The average molecular weight is 407 g/mol.